The summed E-state index contributed by atoms with van der Waals surface area (Å²) in [5.41, 5.74) is 0.848. The third-order valence-electron chi connectivity index (χ3n) is 3.63. The first-order valence-electron chi connectivity index (χ1n) is 7.80. The minimum Gasteiger partial charge on any atom is -0.456 e. The van der Waals surface area contributed by atoms with Gasteiger partial charge in [-0.15, -0.1) is 10.2 Å². The van der Waals surface area contributed by atoms with Crippen LogP contribution in [0.1, 0.15) is 36.1 Å². The van der Waals surface area contributed by atoms with Crippen LogP contribution < -0.4 is 0 Å². The van der Waals surface area contributed by atoms with Gasteiger partial charge in [0.25, 0.3) is 5.91 Å². The second kappa shape index (κ2) is 6.70. The normalized spacial score (nSPS) is 11.0. The van der Waals surface area contributed by atoms with Gasteiger partial charge in [0, 0.05) is 11.6 Å². The maximum absolute atomic E-state index is 12.6. The van der Waals surface area contributed by atoms with Gasteiger partial charge in [0.1, 0.15) is 5.76 Å². The van der Waals surface area contributed by atoms with Crippen LogP contribution in [-0.2, 0) is 6.54 Å². The molecule has 0 aliphatic carbocycles. The van der Waals surface area contributed by atoms with Gasteiger partial charge >= 0.3 is 0 Å². The molecule has 0 spiro atoms. The van der Waals surface area contributed by atoms with E-state index < -0.39 is 0 Å². The Balaban J connectivity index is 1.79. The number of carbonyl (C=O) groups excluding carboxylic acids is 1. The first-order valence-corrected chi connectivity index (χ1v) is 7.80. The minimum atomic E-state index is -0.197. The number of rotatable bonds is 5. The molecule has 1 amide bonds. The monoisotopic (exact) mass is 325 g/mol. The Morgan fingerprint density at radius 1 is 1.08 bits per heavy atom. The van der Waals surface area contributed by atoms with Gasteiger partial charge in [-0.1, -0.05) is 18.2 Å². The fourth-order valence-electron chi connectivity index (χ4n) is 2.34. The number of nitrogens with zero attached hydrogens (tertiary/aromatic N) is 3. The molecular formula is C18H19N3O3. The van der Waals surface area contributed by atoms with Crippen LogP contribution in [0.3, 0.4) is 0 Å². The Bertz CT molecular complexity index is 821. The maximum atomic E-state index is 12.6. The SMILES string of the molecule is Cc1ccc(C(=O)N(Cc2nnc(-c3ccccc3)o2)C(C)C)o1. The molecule has 24 heavy (non-hydrogen) atoms. The van der Waals surface area contributed by atoms with Crippen molar-refractivity contribution < 1.29 is 13.6 Å². The molecule has 0 fully saturated rings. The number of furan rings is 1. The van der Waals surface area contributed by atoms with Crippen molar-refractivity contribution in [2.75, 3.05) is 0 Å². The molecule has 0 radical (unpaired) electrons. The Morgan fingerprint density at radius 2 is 1.83 bits per heavy atom. The van der Waals surface area contributed by atoms with Crippen LogP contribution in [0.4, 0.5) is 0 Å². The molecule has 0 N–H and O–H groups in total. The highest BCUT2D eigenvalue weighted by atomic mass is 16.4. The third-order valence-corrected chi connectivity index (χ3v) is 3.63. The zero-order valence-corrected chi connectivity index (χ0v) is 13.9. The van der Waals surface area contributed by atoms with E-state index in [1.54, 1.807) is 24.0 Å². The fourth-order valence-corrected chi connectivity index (χ4v) is 2.34. The van der Waals surface area contributed by atoms with Gasteiger partial charge in [0.2, 0.25) is 11.8 Å². The van der Waals surface area contributed by atoms with Crippen molar-refractivity contribution in [2.24, 2.45) is 0 Å². The van der Waals surface area contributed by atoms with Crippen molar-refractivity contribution in [3.8, 4) is 11.5 Å². The average Bonchev–Trinajstić information content (AvgIpc) is 3.21. The summed E-state index contributed by atoms with van der Waals surface area (Å²) in [6.45, 7) is 5.90. The molecule has 0 atom stereocenters. The van der Waals surface area contributed by atoms with E-state index >= 15 is 0 Å². The standard InChI is InChI=1S/C18H19N3O3/c1-12(2)21(18(22)15-10-9-13(3)23-15)11-16-19-20-17(24-16)14-7-5-4-6-8-14/h4-10,12H,11H2,1-3H3. The number of hydrogen-bond acceptors (Lipinski definition) is 5. The first-order chi connectivity index (χ1) is 11.5. The summed E-state index contributed by atoms with van der Waals surface area (Å²) < 4.78 is 11.1. The van der Waals surface area contributed by atoms with Crippen molar-refractivity contribution >= 4 is 5.91 Å². The Kier molecular flexibility index (Phi) is 4.46. The molecule has 3 rings (SSSR count). The Labute approximate surface area is 140 Å². The van der Waals surface area contributed by atoms with E-state index in [1.807, 2.05) is 44.2 Å². The third kappa shape index (κ3) is 3.37. The topological polar surface area (TPSA) is 72.4 Å². The van der Waals surface area contributed by atoms with Crippen LogP contribution in [0.25, 0.3) is 11.5 Å². The van der Waals surface area contributed by atoms with Crippen molar-refractivity contribution in [2.45, 2.75) is 33.4 Å². The molecule has 0 bridgehead atoms. The number of benzene rings is 1. The molecule has 2 heterocycles. The van der Waals surface area contributed by atoms with Crippen LogP contribution in [0.15, 0.2) is 51.3 Å². The van der Waals surface area contributed by atoms with E-state index in [1.165, 1.54) is 0 Å². The molecule has 6 heteroatoms. The molecule has 124 valence electrons. The first kappa shape index (κ1) is 16.0. The molecule has 0 aliphatic rings. The Hall–Kier alpha value is -2.89. The summed E-state index contributed by atoms with van der Waals surface area (Å²) in [7, 11) is 0. The minimum absolute atomic E-state index is 0.0324. The quantitative estimate of drug-likeness (QED) is 0.715. The predicted octanol–water partition coefficient (Wildman–Crippen LogP) is 3.69. The molecular weight excluding hydrogens is 306 g/mol. The predicted molar refractivity (Wildman–Crippen MR) is 88.2 cm³/mol. The summed E-state index contributed by atoms with van der Waals surface area (Å²) in [6.07, 6.45) is 0. The molecule has 6 nitrogen and oxygen atoms in total. The second-order valence-corrected chi connectivity index (χ2v) is 5.80. The van der Waals surface area contributed by atoms with Gasteiger partial charge in [-0.2, -0.15) is 0 Å². The highest BCUT2D eigenvalue weighted by molar-refractivity contribution is 5.91. The lowest BCUT2D eigenvalue weighted by Crippen LogP contribution is -2.36. The molecule has 0 unspecified atom stereocenters. The summed E-state index contributed by atoms with van der Waals surface area (Å²) in [6, 6.07) is 12.9. The summed E-state index contributed by atoms with van der Waals surface area (Å²) in [5.74, 6) is 1.64. The highest BCUT2D eigenvalue weighted by Gasteiger charge is 2.24. The average molecular weight is 325 g/mol. The molecule has 0 aliphatic heterocycles. The number of amides is 1. The lowest BCUT2D eigenvalue weighted by molar-refractivity contribution is 0.0638. The van der Waals surface area contributed by atoms with Gasteiger partial charge in [-0.3, -0.25) is 4.79 Å². The largest absolute Gasteiger partial charge is 0.456 e. The van der Waals surface area contributed by atoms with E-state index in [4.69, 9.17) is 8.83 Å². The number of aromatic nitrogens is 2. The lowest BCUT2D eigenvalue weighted by atomic mass is 10.2. The number of aryl methyl sites for hydroxylation is 1. The zero-order chi connectivity index (χ0) is 17.1. The highest BCUT2D eigenvalue weighted by Crippen LogP contribution is 2.19. The molecule has 0 saturated heterocycles. The van der Waals surface area contributed by atoms with Gasteiger partial charge in [0.15, 0.2) is 5.76 Å². The maximum Gasteiger partial charge on any atom is 0.290 e. The number of hydrogen-bond donors (Lipinski definition) is 0. The van der Waals surface area contributed by atoms with Gasteiger partial charge in [-0.25, -0.2) is 0 Å². The van der Waals surface area contributed by atoms with E-state index in [2.05, 4.69) is 10.2 Å². The fraction of sp³-hybridized carbons (Fsp3) is 0.278. The van der Waals surface area contributed by atoms with E-state index in [9.17, 15) is 4.79 Å². The van der Waals surface area contributed by atoms with Crippen LogP contribution in [0.2, 0.25) is 0 Å². The van der Waals surface area contributed by atoms with E-state index in [0.717, 1.165) is 5.56 Å². The summed E-state index contributed by atoms with van der Waals surface area (Å²) in [5, 5.41) is 8.11. The molecule has 3 aromatic rings. The summed E-state index contributed by atoms with van der Waals surface area (Å²) >= 11 is 0. The van der Waals surface area contributed by atoms with Crippen molar-refractivity contribution in [3.05, 3.63) is 59.9 Å². The molecule has 2 aromatic heterocycles. The molecule has 1 aromatic carbocycles. The van der Waals surface area contributed by atoms with Crippen LogP contribution in [0.5, 0.6) is 0 Å². The number of carbonyl (C=O) groups is 1. The molecule has 0 saturated carbocycles. The van der Waals surface area contributed by atoms with Crippen molar-refractivity contribution in [3.63, 3.8) is 0 Å². The summed E-state index contributed by atoms with van der Waals surface area (Å²) in [4.78, 5) is 14.3. The van der Waals surface area contributed by atoms with Crippen molar-refractivity contribution in [1.82, 2.24) is 15.1 Å². The zero-order valence-electron chi connectivity index (χ0n) is 13.9. The van der Waals surface area contributed by atoms with Gasteiger partial charge in [0.05, 0.1) is 6.54 Å². The van der Waals surface area contributed by atoms with Gasteiger partial charge < -0.3 is 13.7 Å². The van der Waals surface area contributed by atoms with E-state index in [-0.39, 0.29) is 18.5 Å². The lowest BCUT2D eigenvalue weighted by Gasteiger charge is -2.24. The van der Waals surface area contributed by atoms with Crippen LogP contribution in [-0.4, -0.2) is 27.0 Å². The van der Waals surface area contributed by atoms with E-state index in [0.29, 0.717) is 23.3 Å². The smallest absolute Gasteiger partial charge is 0.290 e. The second-order valence-electron chi connectivity index (χ2n) is 5.80. The van der Waals surface area contributed by atoms with Crippen molar-refractivity contribution in [1.29, 1.82) is 0 Å². The van der Waals surface area contributed by atoms with Crippen LogP contribution in [0, 0.1) is 6.92 Å². The van der Waals surface area contributed by atoms with Crippen LogP contribution >= 0.6 is 0 Å². The Morgan fingerprint density at radius 3 is 2.46 bits per heavy atom. The van der Waals surface area contributed by atoms with Gasteiger partial charge in [-0.05, 0) is 45.0 Å².